The minimum atomic E-state index is -0.767. The van der Waals surface area contributed by atoms with Gasteiger partial charge >= 0.3 is 5.97 Å². The number of aliphatic carboxylic acids is 1. The molecule has 0 aliphatic carbocycles. The Hall–Kier alpha value is -1.42. The van der Waals surface area contributed by atoms with E-state index in [1.165, 1.54) is 0 Å². The van der Waals surface area contributed by atoms with Crippen molar-refractivity contribution in [3.05, 3.63) is 23.2 Å². The summed E-state index contributed by atoms with van der Waals surface area (Å²) in [5, 5.41) is 9.49. The zero-order valence-electron chi connectivity index (χ0n) is 10.4. The number of rotatable bonds is 3. The van der Waals surface area contributed by atoms with Crippen LogP contribution < -0.4 is 9.80 Å². The lowest BCUT2D eigenvalue weighted by Gasteiger charge is -2.25. The summed E-state index contributed by atoms with van der Waals surface area (Å²) in [6, 6.07) is 5.79. The minimum Gasteiger partial charge on any atom is -0.481 e. The van der Waals surface area contributed by atoms with E-state index in [0.717, 1.165) is 30.9 Å². The molecular formula is C13H17ClN2O2. The maximum Gasteiger partial charge on any atom is 0.305 e. The molecule has 1 aromatic carbocycles. The minimum absolute atomic E-state index is 0.148. The molecule has 0 fully saturated rings. The lowest BCUT2D eigenvalue weighted by Crippen LogP contribution is -2.26. The van der Waals surface area contributed by atoms with Gasteiger partial charge in [-0.3, -0.25) is 4.79 Å². The lowest BCUT2D eigenvalue weighted by molar-refractivity contribution is -0.136. The van der Waals surface area contributed by atoms with Crippen LogP contribution in [0.3, 0.4) is 0 Å². The lowest BCUT2D eigenvalue weighted by atomic mass is 10.2. The number of fused-ring (bicyclic) bond motifs is 1. The van der Waals surface area contributed by atoms with Crippen LogP contribution in [-0.4, -0.2) is 37.8 Å². The van der Waals surface area contributed by atoms with Crippen molar-refractivity contribution < 1.29 is 9.90 Å². The highest BCUT2D eigenvalue weighted by molar-refractivity contribution is 6.31. The summed E-state index contributed by atoms with van der Waals surface area (Å²) < 4.78 is 0. The van der Waals surface area contributed by atoms with E-state index in [1.807, 2.05) is 25.2 Å². The average molecular weight is 269 g/mol. The zero-order valence-corrected chi connectivity index (χ0v) is 11.2. The molecule has 0 radical (unpaired) electrons. The maximum absolute atomic E-state index is 10.7. The van der Waals surface area contributed by atoms with Gasteiger partial charge in [0.15, 0.2) is 0 Å². The van der Waals surface area contributed by atoms with Crippen LogP contribution in [0.4, 0.5) is 11.4 Å². The van der Waals surface area contributed by atoms with Gasteiger partial charge < -0.3 is 14.9 Å². The van der Waals surface area contributed by atoms with E-state index in [-0.39, 0.29) is 6.42 Å². The molecule has 2 rings (SSSR count). The van der Waals surface area contributed by atoms with Gasteiger partial charge in [0.2, 0.25) is 0 Å². The molecule has 98 valence electrons. The molecule has 18 heavy (non-hydrogen) atoms. The standard InChI is InChI=1S/C13H17ClN2O2/c1-15-6-2-7-16(8-5-13(17)18)12-9-10(14)3-4-11(12)15/h3-4,9H,2,5-8H2,1H3,(H,17,18). The maximum atomic E-state index is 10.7. The van der Waals surface area contributed by atoms with Crippen LogP contribution in [0.25, 0.3) is 0 Å². The number of nitrogens with zero attached hydrogens (tertiary/aromatic N) is 2. The third-order valence-electron chi connectivity index (χ3n) is 3.21. The van der Waals surface area contributed by atoms with Crippen LogP contribution in [0.15, 0.2) is 18.2 Å². The smallest absolute Gasteiger partial charge is 0.305 e. The summed E-state index contributed by atoms with van der Waals surface area (Å²) in [5.41, 5.74) is 2.14. The Morgan fingerprint density at radius 1 is 1.39 bits per heavy atom. The van der Waals surface area contributed by atoms with E-state index in [1.54, 1.807) is 0 Å². The zero-order chi connectivity index (χ0) is 13.1. The number of halogens is 1. The molecule has 1 heterocycles. The van der Waals surface area contributed by atoms with Crippen LogP contribution in [-0.2, 0) is 4.79 Å². The number of carboxylic acid groups (broad SMARTS) is 1. The molecule has 1 aliphatic rings. The van der Waals surface area contributed by atoms with Gasteiger partial charge in [0, 0.05) is 31.7 Å². The highest BCUT2D eigenvalue weighted by Crippen LogP contribution is 2.33. The Kier molecular flexibility index (Phi) is 3.97. The second kappa shape index (κ2) is 5.48. The highest BCUT2D eigenvalue weighted by atomic mass is 35.5. The van der Waals surface area contributed by atoms with E-state index >= 15 is 0 Å². The number of benzene rings is 1. The van der Waals surface area contributed by atoms with Crippen molar-refractivity contribution in [2.24, 2.45) is 0 Å². The van der Waals surface area contributed by atoms with Crippen LogP contribution in [0.5, 0.6) is 0 Å². The van der Waals surface area contributed by atoms with E-state index in [4.69, 9.17) is 16.7 Å². The third kappa shape index (κ3) is 2.88. The number of hydrogen-bond acceptors (Lipinski definition) is 3. The quantitative estimate of drug-likeness (QED) is 0.915. The SMILES string of the molecule is CN1CCCN(CCC(=O)O)c2cc(Cl)ccc21. The van der Waals surface area contributed by atoms with Gasteiger partial charge in [0.05, 0.1) is 17.8 Å². The van der Waals surface area contributed by atoms with E-state index in [0.29, 0.717) is 11.6 Å². The number of carbonyl (C=O) groups is 1. The van der Waals surface area contributed by atoms with Crippen LogP contribution in [0.2, 0.25) is 5.02 Å². The Morgan fingerprint density at radius 2 is 2.17 bits per heavy atom. The van der Waals surface area contributed by atoms with Crippen molar-refractivity contribution in [3.8, 4) is 0 Å². The Morgan fingerprint density at radius 3 is 2.89 bits per heavy atom. The van der Waals surface area contributed by atoms with E-state index < -0.39 is 5.97 Å². The predicted octanol–water partition coefficient (Wildman–Crippen LogP) is 2.46. The summed E-state index contributed by atoms with van der Waals surface area (Å²) >= 11 is 6.04. The fourth-order valence-electron chi connectivity index (χ4n) is 2.28. The molecule has 1 aromatic rings. The average Bonchev–Trinajstić information content (AvgIpc) is 2.46. The van der Waals surface area contributed by atoms with Gasteiger partial charge in [-0.1, -0.05) is 11.6 Å². The molecule has 1 aliphatic heterocycles. The van der Waals surface area contributed by atoms with Crippen molar-refractivity contribution in [2.45, 2.75) is 12.8 Å². The first-order valence-corrected chi connectivity index (χ1v) is 6.43. The molecule has 0 amide bonds. The van der Waals surface area contributed by atoms with Crippen LogP contribution in [0, 0.1) is 0 Å². The molecule has 0 aromatic heterocycles. The Labute approximate surface area is 112 Å². The second-order valence-corrected chi connectivity index (χ2v) is 4.98. The first-order valence-electron chi connectivity index (χ1n) is 6.05. The van der Waals surface area contributed by atoms with Crippen LogP contribution >= 0.6 is 11.6 Å². The Bertz CT molecular complexity index is 451. The molecule has 0 atom stereocenters. The molecule has 1 N–H and O–H groups in total. The number of carboxylic acids is 1. The molecule has 0 bridgehead atoms. The molecule has 0 spiro atoms. The van der Waals surface area contributed by atoms with Gasteiger partial charge in [-0.2, -0.15) is 0 Å². The summed E-state index contributed by atoms with van der Waals surface area (Å²) in [4.78, 5) is 15.0. The van der Waals surface area contributed by atoms with Gasteiger partial charge in [-0.15, -0.1) is 0 Å². The van der Waals surface area contributed by atoms with Crippen molar-refractivity contribution in [1.82, 2.24) is 0 Å². The topological polar surface area (TPSA) is 43.8 Å². The summed E-state index contributed by atoms with van der Waals surface area (Å²) in [5.74, 6) is -0.767. The molecule has 5 heteroatoms. The van der Waals surface area contributed by atoms with Gasteiger partial charge in [-0.25, -0.2) is 0 Å². The van der Waals surface area contributed by atoms with Crippen molar-refractivity contribution in [3.63, 3.8) is 0 Å². The monoisotopic (exact) mass is 268 g/mol. The molecule has 0 saturated carbocycles. The van der Waals surface area contributed by atoms with Crippen LogP contribution in [0.1, 0.15) is 12.8 Å². The largest absolute Gasteiger partial charge is 0.481 e. The molecule has 0 saturated heterocycles. The normalized spacial score (nSPS) is 15.2. The van der Waals surface area contributed by atoms with Crippen molar-refractivity contribution in [2.75, 3.05) is 36.5 Å². The van der Waals surface area contributed by atoms with E-state index in [9.17, 15) is 4.79 Å². The Balaban J connectivity index is 2.29. The van der Waals surface area contributed by atoms with E-state index in [2.05, 4.69) is 9.80 Å². The van der Waals surface area contributed by atoms with Gasteiger partial charge in [0.1, 0.15) is 0 Å². The highest BCUT2D eigenvalue weighted by Gasteiger charge is 2.19. The first kappa shape index (κ1) is 13.0. The molecular weight excluding hydrogens is 252 g/mol. The summed E-state index contributed by atoms with van der Waals surface area (Å²) in [7, 11) is 2.05. The van der Waals surface area contributed by atoms with Gasteiger partial charge in [0.25, 0.3) is 0 Å². The molecule has 4 nitrogen and oxygen atoms in total. The second-order valence-electron chi connectivity index (χ2n) is 4.54. The predicted molar refractivity (Wildman–Crippen MR) is 73.8 cm³/mol. The summed E-state index contributed by atoms with van der Waals surface area (Å²) in [6.07, 6.45) is 1.16. The fourth-order valence-corrected chi connectivity index (χ4v) is 2.44. The fraction of sp³-hybridized carbons (Fsp3) is 0.462. The van der Waals surface area contributed by atoms with Crippen molar-refractivity contribution in [1.29, 1.82) is 0 Å². The first-order chi connectivity index (χ1) is 8.58. The van der Waals surface area contributed by atoms with Gasteiger partial charge in [-0.05, 0) is 24.6 Å². The molecule has 0 unspecified atom stereocenters. The number of anilines is 2. The third-order valence-corrected chi connectivity index (χ3v) is 3.44. The number of hydrogen-bond donors (Lipinski definition) is 1. The van der Waals surface area contributed by atoms with Crippen molar-refractivity contribution >= 4 is 28.9 Å². The summed E-state index contributed by atoms with van der Waals surface area (Å²) in [6.45, 7) is 2.36.